The Kier molecular flexibility index (Phi) is 5.92. The molecule has 8 nitrogen and oxygen atoms in total. The Morgan fingerprint density at radius 3 is 2.76 bits per heavy atom. The van der Waals surface area contributed by atoms with Crippen LogP contribution in [0.2, 0.25) is 10.2 Å². The van der Waals surface area contributed by atoms with E-state index in [-0.39, 0.29) is 45.4 Å². The molecule has 0 bridgehead atoms. The van der Waals surface area contributed by atoms with Gasteiger partial charge in [-0.15, -0.1) is 0 Å². The van der Waals surface area contributed by atoms with Crippen LogP contribution in [0.25, 0.3) is 10.9 Å². The topological polar surface area (TPSA) is 109 Å². The van der Waals surface area contributed by atoms with E-state index in [0.717, 1.165) is 0 Å². The number of nitrogens with one attached hydrogen (secondary N) is 2. The number of amides is 1. The largest absolute Gasteiger partial charge is 0.478 e. The van der Waals surface area contributed by atoms with Crippen LogP contribution in [-0.2, 0) is 11.8 Å². The van der Waals surface area contributed by atoms with Crippen molar-refractivity contribution in [3.8, 4) is 11.8 Å². The first-order valence-corrected chi connectivity index (χ1v) is 9.10. The van der Waals surface area contributed by atoms with Crippen molar-refractivity contribution in [3.05, 3.63) is 56.4 Å². The molecule has 3 aromatic rings. The van der Waals surface area contributed by atoms with Gasteiger partial charge in [-0.05, 0) is 30.3 Å². The van der Waals surface area contributed by atoms with Crippen LogP contribution in [0.1, 0.15) is 5.56 Å². The second-order valence-electron chi connectivity index (χ2n) is 6.00. The zero-order chi connectivity index (χ0) is 21.1. The molecule has 0 saturated heterocycles. The summed E-state index contributed by atoms with van der Waals surface area (Å²) in [6.45, 7) is -0.265. The maximum atomic E-state index is 12.4. The third-order valence-electron chi connectivity index (χ3n) is 4.14. The van der Waals surface area contributed by atoms with E-state index < -0.39 is 0 Å². The first-order chi connectivity index (χ1) is 13.8. The highest BCUT2D eigenvalue weighted by Crippen LogP contribution is 2.29. The van der Waals surface area contributed by atoms with Gasteiger partial charge in [0.05, 0.1) is 16.1 Å². The van der Waals surface area contributed by atoms with Crippen molar-refractivity contribution < 1.29 is 9.53 Å². The van der Waals surface area contributed by atoms with Gasteiger partial charge >= 0.3 is 0 Å². The lowest BCUT2D eigenvalue weighted by Crippen LogP contribution is -2.27. The van der Waals surface area contributed by atoms with Gasteiger partial charge in [-0.2, -0.15) is 5.26 Å². The Hall–Kier alpha value is -3.28. The molecule has 0 aliphatic carbocycles. The molecule has 2 N–H and O–H groups in total. The Labute approximate surface area is 175 Å². The number of hydrogen-bond acceptors (Lipinski definition) is 6. The van der Waals surface area contributed by atoms with Crippen molar-refractivity contribution >= 4 is 51.5 Å². The molecule has 2 aromatic heterocycles. The molecule has 0 spiro atoms. The molecule has 0 fully saturated rings. The summed E-state index contributed by atoms with van der Waals surface area (Å²) < 4.78 is 6.78. The Morgan fingerprint density at radius 2 is 2.07 bits per heavy atom. The van der Waals surface area contributed by atoms with Gasteiger partial charge < -0.3 is 19.9 Å². The number of carbonyl (C=O) groups is 1. The van der Waals surface area contributed by atoms with Gasteiger partial charge in [-0.3, -0.25) is 9.59 Å². The molecule has 0 radical (unpaired) electrons. The number of nitriles is 1. The molecule has 0 atom stereocenters. The molecule has 148 valence electrons. The van der Waals surface area contributed by atoms with Crippen LogP contribution >= 0.6 is 23.2 Å². The zero-order valence-electron chi connectivity index (χ0n) is 15.4. The highest BCUT2D eigenvalue weighted by molar-refractivity contribution is 6.35. The summed E-state index contributed by atoms with van der Waals surface area (Å²) in [6.07, 6.45) is 0. The van der Waals surface area contributed by atoms with E-state index in [2.05, 4.69) is 15.6 Å². The third-order valence-corrected chi connectivity index (χ3v) is 4.72. The molecule has 0 saturated carbocycles. The monoisotopic (exact) mass is 431 g/mol. The molecular weight excluding hydrogens is 417 g/mol. The van der Waals surface area contributed by atoms with E-state index in [9.17, 15) is 9.59 Å². The Morgan fingerprint density at radius 1 is 1.31 bits per heavy atom. The number of rotatable bonds is 5. The van der Waals surface area contributed by atoms with Crippen molar-refractivity contribution in [2.45, 2.75) is 0 Å². The second-order valence-corrected chi connectivity index (χ2v) is 6.77. The van der Waals surface area contributed by atoms with Gasteiger partial charge in [0.25, 0.3) is 11.5 Å². The smallest absolute Gasteiger partial charge is 0.293 e. The van der Waals surface area contributed by atoms with E-state index >= 15 is 0 Å². The van der Waals surface area contributed by atoms with Crippen molar-refractivity contribution in [1.29, 1.82) is 5.26 Å². The lowest BCUT2D eigenvalue weighted by molar-refractivity contribution is -0.122. The number of aromatic nitrogens is 2. The molecular formula is C19H15Cl2N5O3. The lowest BCUT2D eigenvalue weighted by atomic mass is 10.2. The number of nitrogens with zero attached hydrogens (tertiary/aromatic N) is 3. The van der Waals surface area contributed by atoms with Gasteiger partial charge in [0.1, 0.15) is 11.2 Å². The number of hydrogen-bond donors (Lipinski definition) is 2. The van der Waals surface area contributed by atoms with Crippen LogP contribution < -0.4 is 20.9 Å². The summed E-state index contributed by atoms with van der Waals surface area (Å²) in [5.74, 6) is -0.00442. The quantitative estimate of drug-likeness (QED) is 0.600. The van der Waals surface area contributed by atoms with Gasteiger partial charge in [0.2, 0.25) is 0 Å². The van der Waals surface area contributed by atoms with Crippen LogP contribution in [0.3, 0.4) is 0 Å². The first-order valence-electron chi connectivity index (χ1n) is 8.34. The van der Waals surface area contributed by atoms with Crippen LogP contribution in [-0.4, -0.2) is 29.1 Å². The maximum Gasteiger partial charge on any atom is 0.293 e. The molecule has 1 aromatic carbocycles. The molecule has 3 rings (SSSR count). The first kappa shape index (κ1) is 20.5. The SMILES string of the molecule is CNC(=O)COc1cc2cc(Nc3nc(Cl)c(C#N)cc3Cl)ccc2n(C)c1=O. The van der Waals surface area contributed by atoms with Gasteiger partial charge in [-0.1, -0.05) is 23.2 Å². The molecule has 0 aliphatic rings. The molecule has 1 amide bonds. The fourth-order valence-corrected chi connectivity index (χ4v) is 3.00. The van der Waals surface area contributed by atoms with Crippen LogP contribution in [0.4, 0.5) is 11.5 Å². The minimum Gasteiger partial charge on any atom is -0.478 e. The number of pyridine rings is 2. The summed E-state index contributed by atoms with van der Waals surface area (Å²) >= 11 is 12.1. The predicted molar refractivity (Wildman–Crippen MR) is 111 cm³/mol. The summed E-state index contributed by atoms with van der Waals surface area (Å²) in [4.78, 5) is 27.9. The summed E-state index contributed by atoms with van der Waals surface area (Å²) in [6, 6.07) is 10.2. The standard InChI is InChI=1S/C19H15Cl2N5O3/c1-23-16(27)9-29-15-7-10-5-12(3-4-14(10)26(2)19(15)28)24-18-13(20)6-11(8-22)17(21)25-18/h3-7H,9H2,1-2H3,(H,23,27)(H,24,25). The minimum absolute atomic E-state index is 0.0347. The summed E-state index contributed by atoms with van der Waals surface area (Å²) in [7, 11) is 3.10. The predicted octanol–water partition coefficient (Wildman–Crippen LogP) is 2.98. The van der Waals surface area contributed by atoms with Crippen molar-refractivity contribution in [2.24, 2.45) is 7.05 Å². The van der Waals surface area contributed by atoms with Crippen molar-refractivity contribution in [3.63, 3.8) is 0 Å². The summed E-state index contributed by atoms with van der Waals surface area (Å²) in [5, 5.41) is 15.4. The zero-order valence-corrected chi connectivity index (χ0v) is 16.9. The minimum atomic E-state index is -0.356. The molecule has 10 heteroatoms. The van der Waals surface area contributed by atoms with E-state index in [0.29, 0.717) is 16.6 Å². The number of carbonyl (C=O) groups excluding carboxylic acids is 1. The van der Waals surface area contributed by atoms with E-state index in [1.807, 2.05) is 6.07 Å². The number of aryl methyl sites for hydroxylation is 1. The Bertz CT molecular complexity index is 1220. The van der Waals surface area contributed by atoms with E-state index in [4.69, 9.17) is 33.2 Å². The van der Waals surface area contributed by atoms with Gasteiger partial charge in [0, 0.05) is 25.2 Å². The van der Waals surface area contributed by atoms with E-state index in [1.165, 1.54) is 17.7 Å². The van der Waals surface area contributed by atoms with Crippen LogP contribution in [0.15, 0.2) is 35.1 Å². The fourth-order valence-electron chi connectivity index (χ4n) is 2.62. The molecule has 0 unspecified atom stereocenters. The fraction of sp³-hybridized carbons (Fsp3) is 0.158. The number of ether oxygens (including phenoxy) is 1. The lowest BCUT2D eigenvalue weighted by Gasteiger charge is -2.12. The van der Waals surface area contributed by atoms with Crippen molar-refractivity contribution in [2.75, 3.05) is 19.0 Å². The normalized spacial score (nSPS) is 10.4. The average molecular weight is 432 g/mol. The van der Waals surface area contributed by atoms with Gasteiger partial charge in [-0.25, -0.2) is 4.98 Å². The number of anilines is 2. The number of benzene rings is 1. The Balaban J connectivity index is 1.98. The highest BCUT2D eigenvalue weighted by Gasteiger charge is 2.12. The van der Waals surface area contributed by atoms with Crippen LogP contribution in [0.5, 0.6) is 5.75 Å². The number of halogens is 2. The second kappa shape index (κ2) is 8.39. The molecule has 29 heavy (non-hydrogen) atoms. The number of fused-ring (bicyclic) bond motifs is 1. The molecule has 0 aliphatic heterocycles. The van der Waals surface area contributed by atoms with Gasteiger partial charge in [0.15, 0.2) is 18.2 Å². The summed E-state index contributed by atoms with van der Waals surface area (Å²) in [5.41, 5.74) is 1.12. The average Bonchev–Trinajstić information content (AvgIpc) is 2.71. The molecule has 2 heterocycles. The number of likely N-dealkylation sites (N-methyl/N-ethyl adjacent to an activating group) is 1. The highest BCUT2D eigenvalue weighted by atomic mass is 35.5. The maximum absolute atomic E-state index is 12.4. The third kappa shape index (κ3) is 4.26. The van der Waals surface area contributed by atoms with E-state index in [1.54, 1.807) is 31.3 Å². The van der Waals surface area contributed by atoms with Crippen molar-refractivity contribution in [1.82, 2.24) is 14.9 Å². The van der Waals surface area contributed by atoms with Crippen LogP contribution in [0, 0.1) is 11.3 Å².